The number of amides is 1. The van der Waals surface area contributed by atoms with E-state index in [9.17, 15) is 9.18 Å². The van der Waals surface area contributed by atoms with Gasteiger partial charge >= 0.3 is 0 Å². The van der Waals surface area contributed by atoms with E-state index in [1.54, 1.807) is 19.1 Å². The van der Waals surface area contributed by atoms with Gasteiger partial charge in [0.2, 0.25) is 17.6 Å². The number of nitrogens with zero attached hydrogens (tertiary/aromatic N) is 3. The van der Waals surface area contributed by atoms with Crippen LogP contribution < -0.4 is 5.32 Å². The number of carbonyl (C=O) groups excluding carboxylic acids is 1. The summed E-state index contributed by atoms with van der Waals surface area (Å²) in [7, 11) is 0. The zero-order chi connectivity index (χ0) is 24.1. The molecule has 1 saturated heterocycles. The summed E-state index contributed by atoms with van der Waals surface area (Å²) in [5.41, 5.74) is 3.49. The van der Waals surface area contributed by atoms with Crippen molar-refractivity contribution in [3.05, 3.63) is 70.9 Å². The normalized spacial score (nSPS) is 18.7. The van der Waals surface area contributed by atoms with Crippen molar-refractivity contribution < 1.29 is 18.4 Å². The minimum Gasteiger partial charge on any atom is -0.373 e. The molecule has 2 heterocycles. The molecule has 0 saturated carbocycles. The number of benzene rings is 2. The van der Waals surface area contributed by atoms with Gasteiger partial charge in [-0.25, -0.2) is 4.39 Å². The average molecular weight is 467 g/mol. The van der Waals surface area contributed by atoms with Crippen LogP contribution in [0.3, 0.4) is 0 Å². The Morgan fingerprint density at radius 3 is 2.53 bits per heavy atom. The van der Waals surface area contributed by atoms with E-state index in [1.165, 1.54) is 11.6 Å². The first-order valence-corrected chi connectivity index (χ1v) is 11.7. The first-order valence-electron chi connectivity index (χ1n) is 11.7. The minimum atomic E-state index is -0.278. The molecular formula is C26H31FN4O3. The summed E-state index contributed by atoms with van der Waals surface area (Å²) >= 11 is 0. The van der Waals surface area contributed by atoms with Crippen LogP contribution in [-0.2, 0) is 29.0 Å². The van der Waals surface area contributed by atoms with Crippen LogP contribution in [0.5, 0.6) is 0 Å². The molecule has 180 valence electrons. The molecule has 2 aromatic carbocycles. The number of rotatable bonds is 8. The van der Waals surface area contributed by atoms with Crippen molar-refractivity contribution in [2.75, 3.05) is 13.1 Å². The number of nitrogens with one attached hydrogen (secondary N) is 1. The number of hydrogen-bond donors (Lipinski definition) is 1. The molecule has 34 heavy (non-hydrogen) atoms. The Balaban J connectivity index is 1.21. The molecule has 1 aliphatic heterocycles. The molecular weight excluding hydrogens is 435 g/mol. The summed E-state index contributed by atoms with van der Waals surface area (Å²) in [6.45, 7) is 9.14. The fraction of sp³-hybridized carbons (Fsp3) is 0.423. The number of morpholine rings is 1. The van der Waals surface area contributed by atoms with Gasteiger partial charge in [-0.1, -0.05) is 29.4 Å². The van der Waals surface area contributed by atoms with E-state index in [4.69, 9.17) is 9.26 Å². The van der Waals surface area contributed by atoms with Gasteiger partial charge in [-0.05, 0) is 55.7 Å². The summed E-state index contributed by atoms with van der Waals surface area (Å²) in [6, 6.07) is 13.0. The lowest BCUT2D eigenvalue weighted by Gasteiger charge is -2.35. The highest BCUT2D eigenvalue weighted by molar-refractivity contribution is 5.76. The van der Waals surface area contributed by atoms with Gasteiger partial charge in [0.25, 0.3) is 0 Å². The van der Waals surface area contributed by atoms with Crippen LogP contribution in [0, 0.1) is 12.7 Å². The van der Waals surface area contributed by atoms with Gasteiger partial charge in [-0.3, -0.25) is 9.69 Å². The second-order valence-electron chi connectivity index (χ2n) is 9.02. The molecule has 1 aromatic heterocycles. The highest BCUT2D eigenvalue weighted by Gasteiger charge is 2.22. The molecule has 2 unspecified atom stereocenters. The van der Waals surface area contributed by atoms with Crippen molar-refractivity contribution in [2.45, 2.75) is 58.9 Å². The van der Waals surface area contributed by atoms with Crippen molar-refractivity contribution in [2.24, 2.45) is 0 Å². The predicted octanol–water partition coefficient (Wildman–Crippen LogP) is 4.04. The van der Waals surface area contributed by atoms with E-state index < -0.39 is 0 Å². The summed E-state index contributed by atoms with van der Waals surface area (Å²) in [5.74, 6) is 0.403. The molecule has 1 amide bonds. The highest BCUT2D eigenvalue weighted by Crippen LogP contribution is 2.19. The number of ether oxygens (including phenoxy) is 1. The fourth-order valence-corrected chi connectivity index (χ4v) is 4.20. The molecule has 0 bridgehead atoms. The quantitative estimate of drug-likeness (QED) is 0.540. The van der Waals surface area contributed by atoms with Crippen LogP contribution in [0.4, 0.5) is 4.39 Å². The van der Waals surface area contributed by atoms with E-state index in [0.29, 0.717) is 35.8 Å². The number of halogens is 1. The van der Waals surface area contributed by atoms with Crippen LogP contribution in [0.25, 0.3) is 11.4 Å². The van der Waals surface area contributed by atoms with Gasteiger partial charge in [0, 0.05) is 44.6 Å². The Kier molecular flexibility index (Phi) is 7.70. The maximum absolute atomic E-state index is 13.5. The van der Waals surface area contributed by atoms with Crippen LogP contribution >= 0.6 is 0 Å². The number of carbonyl (C=O) groups is 1. The van der Waals surface area contributed by atoms with E-state index in [2.05, 4.69) is 58.5 Å². The van der Waals surface area contributed by atoms with E-state index in [0.717, 1.165) is 25.2 Å². The third kappa shape index (κ3) is 6.48. The van der Waals surface area contributed by atoms with Crippen molar-refractivity contribution in [1.29, 1.82) is 0 Å². The highest BCUT2D eigenvalue weighted by atomic mass is 19.1. The van der Waals surface area contributed by atoms with Crippen LogP contribution in [0.1, 0.15) is 42.8 Å². The third-order valence-electron chi connectivity index (χ3n) is 5.86. The predicted molar refractivity (Wildman–Crippen MR) is 126 cm³/mol. The first kappa shape index (κ1) is 24.0. The van der Waals surface area contributed by atoms with Gasteiger partial charge in [-0.2, -0.15) is 4.98 Å². The van der Waals surface area contributed by atoms with E-state index >= 15 is 0 Å². The molecule has 8 heteroatoms. The Labute approximate surface area is 199 Å². The Morgan fingerprint density at radius 2 is 1.82 bits per heavy atom. The molecule has 1 fully saturated rings. The SMILES string of the molecule is Cc1cc(-c2noc(CCC(=O)NCc3ccc(CN4CC(C)OC(C)C4)cc3)n2)ccc1F. The summed E-state index contributed by atoms with van der Waals surface area (Å²) in [6.07, 6.45) is 1.09. The fourth-order valence-electron chi connectivity index (χ4n) is 4.20. The Hall–Kier alpha value is -3.10. The van der Waals surface area contributed by atoms with Gasteiger partial charge in [0.15, 0.2) is 0 Å². The second kappa shape index (κ2) is 10.9. The average Bonchev–Trinajstić information content (AvgIpc) is 3.27. The standard InChI is InChI=1S/C26H31FN4O3/c1-17-12-22(8-9-23(17)27)26-29-25(34-30-26)11-10-24(32)28-13-20-4-6-21(7-5-20)16-31-14-18(2)33-19(3)15-31/h4-9,12,18-19H,10-11,13-16H2,1-3H3,(H,28,32). The first-order chi connectivity index (χ1) is 16.4. The van der Waals surface area contributed by atoms with Gasteiger partial charge < -0.3 is 14.6 Å². The molecule has 1 aliphatic rings. The molecule has 0 aliphatic carbocycles. The van der Waals surface area contributed by atoms with Crippen molar-refractivity contribution in [1.82, 2.24) is 20.4 Å². The topological polar surface area (TPSA) is 80.5 Å². The molecule has 2 atom stereocenters. The lowest BCUT2D eigenvalue weighted by atomic mass is 10.1. The minimum absolute atomic E-state index is 0.0854. The van der Waals surface area contributed by atoms with Crippen LogP contribution in [0.2, 0.25) is 0 Å². The van der Waals surface area contributed by atoms with Gasteiger partial charge in [0.05, 0.1) is 12.2 Å². The molecule has 0 spiro atoms. The number of aromatic nitrogens is 2. The number of aryl methyl sites for hydroxylation is 2. The third-order valence-corrected chi connectivity index (χ3v) is 5.86. The molecule has 3 aromatic rings. The maximum Gasteiger partial charge on any atom is 0.227 e. The van der Waals surface area contributed by atoms with Crippen molar-refractivity contribution in [3.63, 3.8) is 0 Å². The molecule has 4 rings (SSSR count). The Morgan fingerprint density at radius 1 is 1.12 bits per heavy atom. The summed E-state index contributed by atoms with van der Waals surface area (Å²) in [5, 5.41) is 6.87. The van der Waals surface area contributed by atoms with Crippen molar-refractivity contribution >= 4 is 5.91 Å². The monoisotopic (exact) mass is 466 g/mol. The van der Waals surface area contributed by atoms with E-state index in [1.807, 2.05) is 0 Å². The lowest BCUT2D eigenvalue weighted by Crippen LogP contribution is -2.44. The zero-order valence-electron chi connectivity index (χ0n) is 19.9. The zero-order valence-corrected chi connectivity index (χ0v) is 19.9. The lowest BCUT2D eigenvalue weighted by molar-refractivity contribution is -0.121. The van der Waals surface area contributed by atoms with Gasteiger partial charge in [0.1, 0.15) is 5.82 Å². The molecule has 7 nitrogen and oxygen atoms in total. The molecule has 0 radical (unpaired) electrons. The maximum atomic E-state index is 13.5. The van der Waals surface area contributed by atoms with E-state index in [-0.39, 0.29) is 30.4 Å². The molecule has 1 N–H and O–H groups in total. The summed E-state index contributed by atoms with van der Waals surface area (Å²) in [4.78, 5) is 19.0. The largest absolute Gasteiger partial charge is 0.373 e. The number of hydrogen-bond acceptors (Lipinski definition) is 6. The smallest absolute Gasteiger partial charge is 0.227 e. The van der Waals surface area contributed by atoms with Crippen LogP contribution in [0.15, 0.2) is 47.0 Å². The van der Waals surface area contributed by atoms with Crippen LogP contribution in [-0.4, -0.2) is 46.2 Å². The van der Waals surface area contributed by atoms with Crippen molar-refractivity contribution in [3.8, 4) is 11.4 Å². The van der Waals surface area contributed by atoms with Gasteiger partial charge in [-0.15, -0.1) is 0 Å². The second-order valence-corrected chi connectivity index (χ2v) is 9.02. The summed E-state index contributed by atoms with van der Waals surface area (Å²) < 4.78 is 24.5. The Bertz CT molecular complexity index is 1110.